The van der Waals surface area contributed by atoms with Crippen LogP contribution in [0.15, 0.2) is 176 Å². The Morgan fingerprint density at radius 3 is 1.13 bits per heavy atom. The van der Waals surface area contributed by atoms with Crippen molar-refractivity contribution in [3.63, 3.8) is 0 Å². The number of hydrogen-bond acceptors (Lipinski definition) is 1. The number of nitrogens with zero attached hydrogens (tertiary/aromatic N) is 1. The van der Waals surface area contributed by atoms with Crippen molar-refractivity contribution in [2.24, 2.45) is 0 Å². The maximum atomic E-state index is 2.33. The lowest BCUT2D eigenvalue weighted by Gasteiger charge is -2.27. The van der Waals surface area contributed by atoms with Crippen LogP contribution in [0.25, 0.3) is 24.3 Å². The Bertz CT molecular complexity index is 1700. The van der Waals surface area contributed by atoms with E-state index in [0.717, 1.165) is 22.5 Å². The Hall–Kier alpha value is -5.66. The average molecular weight is 582 g/mol. The van der Waals surface area contributed by atoms with Crippen LogP contribution in [0, 0.1) is 13.8 Å². The van der Waals surface area contributed by atoms with Gasteiger partial charge in [-0.25, -0.2) is 0 Å². The van der Waals surface area contributed by atoms with E-state index in [9.17, 15) is 0 Å². The van der Waals surface area contributed by atoms with Crippen molar-refractivity contribution in [1.29, 1.82) is 0 Å². The van der Waals surface area contributed by atoms with Gasteiger partial charge in [-0.3, -0.25) is 0 Å². The summed E-state index contributed by atoms with van der Waals surface area (Å²) in [6.07, 6.45) is 25.0. The molecule has 0 aromatic heterocycles. The molecule has 0 aliphatic heterocycles. The van der Waals surface area contributed by atoms with E-state index in [-0.39, 0.29) is 0 Å². The third-order valence-corrected chi connectivity index (χ3v) is 7.32. The van der Waals surface area contributed by atoms with Gasteiger partial charge in [-0.2, -0.15) is 0 Å². The highest BCUT2D eigenvalue weighted by atomic mass is 15.1. The normalized spacial score (nSPS) is 12.1. The Labute approximate surface area is 268 Å². The molecule has 45 heavy (non-hydrogen) atoms. The fraction of sp³-hybridized carbons (Fsp3) is 0.0455. The van der Waals surface area contributed by atoms with Gasteiger partial charge in [0.05, 0.1) is 0 Å². The summed E-state index contributed by atoms with van der Waals surface area (Å²) in [6.45, 7) is 4.32. The molecule has 0 unspecified atom stereocenters. The molecule has 0 aliphatic rings. The predicted molar refractivity (Wildman–Crippen MR) is 198 cm³/mol. The standard InChI is InChI=1S/C44H39N/c1-36-25-34-44(37(2)35-36)45(42-30-26-40(27-31-42)23-11-5-3-9-17-38-19-13-7-14-20-38)43-32-28-41(29-33-43)24-12-6-4-10-18-39-21-15-8-16-22-39/h3-35H,1-2H3. The highest BCUT2D eigenvalue weighted by molar-refractivity contribution is 5.79. The molecule has 1 nitrogen and oxygen atoms in total. The second-order valence-electron chi connectivity index (χ2n) is 10.8. The van der Waals surface area contributed by atoms with Gasteiger partial charge in [0.15, 0.2) is 0 Å². The number of hydrogen-bond donors (Lipinski definition) is 0. The quantitative estimate of drug-likeness (QED) is 0.140. The molecule has 0 amide bonds. The fourth-order valence-corrected chi connectivity index (χ4v) is 5.00. The SMILES string of the molecule is Cc1ccc(N(c2ccc(C=CC=CC=Cc3ccccc3)cc2)c2ccc(C=CC=CC=Cc3ccccc3)cc2)c(C)c1. The maximum absolute atomic E-state index is 2.33. The summed E-state index contributed by atoms with van der Waals surface area (Å²) in [4.78, 5) is 2.33. The zero-order valence-corrected chi connectivity index (χ0v) is 26.0. The van der Waals surface area contributed by atoms with Crippen LogP contribution in [-0.2, 0) is 0 Å². The zero-order chi connectivity index (χ0) is 31.1. The third kappa shape index (κ3) is 9.41. The van der Waals surface area contributed by atoms with Gasteiger partial charge in [0.25, 0.3) is 0 Å². The van der Waals surface area contributed by atoms with Gasteiger partial charge in [0, 0.05) is 17.1 Å². The number of anilines is 3. The first-order chi connectivity index (χ1) is 22.2. The monoisotopic (exact) mass is 581 g/mol. The van der Waals surface area contributed by atoms with Crippen LogP contribution >= 0.6 is 0 Å². The minimum absolute atomic E-state index is 1.12. The number of aryl methyl sites for hydroxylation is 2. The number of allylic oxidation sites excluding steroid dienone is 8. The summed E-state index contributed by atoms with van der Waals surface area (Å²) < 4.78 is 0. The van der Waals surface area contributed by atoms with Crippen LogP contribution in [-0.4, -0.2) is 0 Å². The molecule has 220 valence electrons. The minimum Gasteiger partial charge on any atom is -0.310 e. The molecule has 0 aliphatic carbocycles. The fourth-order valence-electron chi connectivity index (χ4n) is 5.00. The van der Waals surface area contributed by atoms with E-state index in [2.05, 4.69) is 183 Å². The number of benzene rings is 5. The van der Waals surface area contributed by atoms with E-state index >= 15 is 0 Å². The van der Waals surface area contributed by atoms with E-state index in [1.165, 1.54) is 27.9 Å². The minimum atomic E-state index is 1.12. The van der Waals surface area contributed by atoms with Crippen LogP contribution in [0.4, 0.5) is 17.1 Å². The summed E-state index contributed by atoms with van der Waals surface area (Å²) in [5, 5.41) is 0. The molecule has 0 atom stereocenters. The molecule has 0 spiro atoms. The van der Waals surface area contributed by atoms with E-state index in [0.29, 0.717) is 0 Å². The summed E-state index contributed by atoms with van der Waals surface area (Å²) >= 11 is 0. The van der Waals surface area contributed by atoms with Gasteiger partial charge in [0.1, 0.15) is 0 Å². The lowest BCUT2D eigenvalue weighted by Crippen LogP contribution is -2.11. The van der Waals surface area contributed by atoms with Gasteiger partial charge in [-0.15, -0.1) is 0 Å². The molecule has 5 rings (SSSR count). The van der Waals surface area contributed by atoms with Gasteiger partial charge in [0.2, 0.25) is 0 Å². The van der Waals surface area contributed by atoms with E-state index in [1.54, 1.807) is 0 Å². The zero-order valence-electron chi connectivity index (χ0n) is 26.0. The van der Waals surface area contributed by atoms with Crippen molar-refractivity contribution >= 4 is 41.4 Å². The van der Waals surface area contributed by atoms with Gasteiger partial charge in [-0.1, -0.05) is 176 Å². The van der Waals surface area contributed by atoms with Crippen molar-refractivity contribution in [2.45, 2.75) is 13.8 Å². The molecule has 5 aromatic carbocycles. The summed E-state index contributed by atoms with van der Waals surface area (Å²) in [6, 6.07) is 44.8. The summed E-state index contributed by atoms with van der Waals surface area (Å²) in [5.41, 5.74) is 10.6. The van der Waals surface area contributed by atoms with Crippen LogP contribution < -0.4 is 4.90 Å². The second kappa shape index (κ2) is 16.3. The smallest absolute Gasteiger partial charge is 0.0490 e. The van der Waals surface area contributed by atoms with Crippen molar-refractivity contribution < 1.29 is 0 Å². The molecule has 0 fully saturated rings. The molecular weight excluding hydrogens is 542 g/mol. The van der Waals surface area contributed by atoms with Crippen LogP contribution in [0.1, 0.15) is 33.4 Å². The first-order valence-corrected chi connectivity index (χ1v) is 15.4. The second-order valence-corrected chi connectivity index (χ2v) is 10.8. The first-order valence-electron chi connectivity index (χ1n) is 15.4. The molecule has 0 bridgehead atoms. The third-order valence-electron chi connectivity index (χ3n) is 7.32. The highest BCUT2D eigenvalue weighted by Gasteiger charge is 2.14. The lowest BCUT2D eigenvalue weighted by molar-refractivity contribution is 1.24. The highest BCUT2D eigenvalue weighted by Crippen LogP contribution is 2.37. The Morgan fingerprint density at radius 2 is 0.756 bits per heavy atom. The molecular formula is C44H39N. The molecule has 1 heteroatoms. The molecule has 0 N–H and O–H groups in total. The van der Waals surface area contributed by atoms with E-state index in [4.69, 9.17) is 0 Å². The van der Waals surface area contributed by atoms with Gasteiger partial charge < -0.3 is 4.90 Å². The molecule has 5 aromatic rings. The van der Waals surface area contributed by atoms with Gasteiger partial charge >= 0.3 is 0 Å². The van der Waals surface area contributed by atoms with E-state index in [1.807, 2.05) is 36.4 Å². The first kappa shape index (κ1) is 30.8. The van der Waals surface area contributed by atoms with Crippen molar-refractivity contribution in [2.75, 3.05) is 4.90 Å². The predicted octanol–water partition coefficient (Wildman–Crippen LogP) is 12.3. The largest absolute Gasteiger partial charge is 0.310 e. The number of rotatable bonds is 11. The van der Waals surface area contributed by atoms with E-state index < -0.39 is 0 Å². The van der Waals surface area contributed by atoms with Crippen LogP contribution in [0.5, 0.6) is 0 Å². The lowest BCUT2D eigenvalue weighted by atomic mass is 10.1. The van der Waals surface area contributed by atoms with Crippen molar-refractivity contribution in [3.8, 4) is 0 Å². The van der Waals surface area contributed by atoms with Crippen LogP contribution in [0.2, 0.25) is 0 Å². The van der Waals surface area contributed by atoms with Gasteiger partial charge in [-0.05, 0) is 72.0 Å². The molecule has 0 radical (unpaired) electrons. The molecule has 0 saturated carbocycles. The van der Waals surface area contributed by atoms with Crippen molar-refractivity contribution in [1.82, 2.24) is 0 Å². The van der Waals surface area contributed by atoms with Crippen molar-refractivity contribution in [3.05, 3.63) is 209 Å². The molecule has 0 saturated heterocycles. The maximum Gasteiger partial charge on any atom is 0.0490 e. The average Bonchev–Trinajstić information content (AvgIpc) is 3.07. The molecule has 0 heterocycles. The van der Waals surface area contributed by atoms with Crippen LogP contribution in [0.3, 0.4) is 0 Å². The summed E-state index contributed by atoms with van der Waals surface area (Å²) in [7, 11) is 0. The summed E-state index contributed by atoms with van der Waals surface area (Å²) in [5.74, 6) is 0. The Balaban J connectivity index is 1.29. The Kier molecular flexibility index (Phi) is 11.1. The topological polar surface area (TPSA) is 3.24 Å². The Morgan fingerprint density at radius 1 is 0.378 bits per heavy atom.